The maximum atomic E-state index is 12.6. The first-order valence-electron chi connectivity index (χ1n) is 9.21. The standard InChI is InChI=1S/C18H32N2O2/c1-11(2)17-14(6-7-22-17)10-20-18(21)15-8-12-4-3-5-13(9-15)16(12)19/h11-17H,3-10,19H2,1-2H3,(H,20,21). The molecule has 3 rings (SSSR count). The van der Waals surface area contributed by atoms with E-state index >= 15 is 0 Å². The molecule has 3 fully saturated rings. The summed E-state index contributed by atoms with van der Waals surface area (Å²) in [5, 5.41) is 3.22. The average molecular weight is 308 g/mol. The Morgan fingerprint density at radius 3 is 2.55 bits per heavy atom. The van der Waals surface area contributed by atoms with Crippen LogP contribution in [0, 0.1) is 29.6 Å². The van der Waals surface area contributed by atoms with Gasteiger partial charge in [0.2, 0.25) is 5.91 Å². The molecule has 0 aromatic rings. The van der Waals surface area contributed by atoms with E-state index in [-0.39, 0.29) is 11.8 Å². The number of nitrogens with one attached hydrogen (secondary N) is 1. The number of carbonyl (C=O) groups excluding carboxylic acids is 1. The van der Waals surface area contributed by atoms with Gasteiger partial charge in [-0.3, -0.25) is 4.79 Å². The van der Waals surface area contributed by atoms with Crippen LogP contribution in [0.3, 0.4) is 0 Å². The zero-order valence-corrected chi connectivity index (χ0v) is 14.1. The lowest BCUT2D eigenvalue weighted by molar-refractivity contribution is -0.128. The maximum absolute atomic E-state index is 12.6. The van der Waals surface area contributed by atoms with Gasteiger partial charge in [0.25, 0.3) is 0 Å². The zero-order chi connectivity index (χ0) is 15.7. The lowest BCUT2D eigenvalue weighted by Crippen LogP contribution is -2.49. The predicted octanol–water partition coefficient (Wildman–Crippen LogP) is 2.32. The number of rotatable bonds is 4. The summed E-state index contributed by atoms with van der Waals surface area (Å²) in [6.45, 7) is 6.02. The van der Waals surface area contributed by atoms with Crippen molar-refractivity contribution >= 4 is 5.91 Å². The minimum Gasteiger partial charge on any atom is -0.378 e. The van der Waals surface area contributed by atoms with E-state index in [0.717, 1.165) is 32.4 Å². The molecule has 4 heteroatoms. The zero-order valence-electron chi connectivity index (χ0n) is 14.1. The van der Waals surface area contributed by atoms with Crippen molar-refractivity contribution in [2.75, 3.05) is 13.2 Å². The van der Waals surface area contributed by atoms with Gasteiger partial charge >= 0.3 is 0 Å². The van der Waals surface area contributed by atoms with Gasteiger partial charge in [0.15, 0.2) is 0 Å². The van der Waals surface area contributed by atoms with Crippen LogP contribution in [0.5, 0.6) is 0 Å². The molecule has 0 aromatic carbocycles. The molecule has 0 radical (unpaired) electrons. The fourth-order valence-corrected chi connectivity index (χ4v) is 4.99. The van der Waals surface area contributed by atoms with Crippen LogP contribution in [-0.4, -0.2) is 31.2 Å². The quantitative estimate of drug-likeness (QED) is 0.837. The van der Waals surface area contributed by atoms with E-state index in [4.69, 9.17) is 10.5 Å². The SMILES string of the molecule is CC(C)C1OCCC1CNC(=O)C1CC2CCCC(C1)C2N. The number of hydrogen-bond donors (Lipinski definition) is 2. The average Bonchev–Trinajstić information content (AvgIpc) is 2.93. The molecule has 1 heterocycles. The van der Waals surface area contributed by atoms with Crippen molar-refractivity contribution in [3.05, 3.63) is 0 Å². The summed E-state index contributed by atoms with van der Waals surface area (Å²) in [5.74, 6) is 2.60. The van der Waals surface area contributed by atoms with Crippen molar-refractivity contribution in [3.8, 4) is 0 Å². The first-order valence-corrected chi connectivity index (χ1v) is 9.21. The van der Waals surface area contributed by atoms with Gasteiger partial charge < -0.3 is 15.8 Å². The van der Waals surface area contributed by atoms with E-state index < -0.39 is 0 Å². The lowest BCUT2D eigenvalue weighted by atomic mass is 9.65. The minimum atomic E-state index is 0.190. The third-order valence-electron chi connectivity index (χ3n) is 6.24. The molecule has 4 atom stereocenters. The number of fused-ring (bicyclic) bond motifs is 2. The molecule has 2 saturated carbocycles. The van der Waals surface area contributed by atoms with Gasteiger partial charge in [0, 0.05) is 31.0 Å². The van der Waals surface area contributed by atoms with Crippen LogP contribution in [0.25, 0.3) is 0 Å². The summed E-state index contributed by atoms with van der Waals surface area (Å²) in [5.41, 5.74) is 6.32. The predicted molar refractivity (Wildman–Crippen MR) is 87.2 cm³/mol. The Bertz CT molecular complexity index is 385. The molecule has 0 aromatic heterocycles. The van der Waals surface area contributed by atoms with E-state index in [0.29, 0.717) is 35.8 Å². The second-order valence-corrected chi connectivity index (χ2v) is 8.07. The van der Waals surface area contributed by atoms with Crippen molar-refractivity contribution in [1.29, 1.82) is 0 Å². The number of amides is 1. The molecule has 3 N–H and O–H groups in total. The normalized spacial score (nSPS) is 41.6. The van der Waals surface area contributed by atoms with Gasteiger partial charge in [-0.15, -0.1) is 0 Å². The molecule has 22 heavy (non-hydrogen) atoms. The molecular formula is C18H32N2O2. The van der Waals surface area contributed by atoms with Crippen LogP contribution in [0.4, 0.5) is 0 Å². The monoisotopic (exact) mass is 308 g/mol. The third-order valence-corrected chi connectivity index (χ3v) is 6.24. The summed E-state index contributed by atoms with van der Waals surface area (Å²) < 4.78 is 5.81. The summed E-state index contributed by atoms with van der Waals surface area (Å²) in [7, 11) is 0. The molecule has 2 bridgehead atoms. The van der Waals surface area contributed by atoms with Crippen LogP contribution < -0.4 is 11.1 Å². The Labute approximate surface area is 134 Å². The van der Waals surface area contributed by atoms with Crippen molar-refractivity contribution in [3.63, 3.8) is 0 Å². The molecule has 1 aliphatic heterocycles. The Morgan fingerprint density at radius 1 is 1.23 bits per heavy atom. The highest BCUT2D eigenvalue weighted by Gasteiger charge is 2.40. The summed E-state index contributed by atoms with van der Waals surface area (Å²) in [6.07, 6.45) is 7.10. The van der Waals surface area contributed by atoms with Crippen LogP contribution in [0.15, 0.2) is 0 Å². The van der Waals surface area contributed by atoms with Crippen molar-refractivity contribution in [2.45, 2.75) is 64.5 Å². The molecule has 4 nitrogen and oxygen atoms in total. The first-order chi connectivity index (χ1) is 10.6. The second-order valence-electron chi connectivity index (χ2n) is 8.07. The van der Waals surface area contributed by atoms with Gasteiger partial charge in [-0.05, 0) is 49.9 Å². The number of nitrogens with two attached hydrogens (primary N) is 1. The summed E-state index contributed by atoms with van der Waals surface area (Å²) >= 11 is 0. The van der Waals surface area contributed by atoms with E-state index in [1.807, 2.05) is 0 Å². The summed E-state index contributed by atoms with van der Waals surface area (Å²) in [4.78, 5) is 12.6. The molecular weight excluding hydrogens is 276 g/mol. The fraction of sp³-hybridized carbons (Fsp3) is 0.944. The van der Waals surface area contributed by atoms with Crippen LogP contribution >= 0.6 is 0 Å². The highest BCUT2D eigenvalue weighted by atomic mass is 16.5. The third kappa shape index (κ3) is 3.33. The number of hydrogen-bond acceptors (Lipinski definition) is 3. The molecule has 126 valence electrons. The van der Waals surface area contributed by atoms with Gasteiger partial charge in [0.1, 0.15) is 0 Å². The van der Waals surface area contributed by atoms with E-state index in [9.17, 15) is 4.79 Å². The lowest BCUT2D eigenvalue weighted by Gasteiger charge is -2.43. The number of ether oxygens (including phenoxy) is 1. The molecule has 2 aliphatic carbocycles. The first kappa shape index (κ1) is 16.3. The Hall–Kier alpha value is -0.610. The Kier molecular flexibility index (Phi) is 5.08. The van der Waals surface area contributed by atoms with E-state index in [1.165, 1.54) is 19.3 Å². The Balaban J connectivity index is 1.50. The van der Waals surface area contributed by atoms with Crippen LogP contribution in [0.2, 0.25) is 0 Å². The largest absolute Gasteiger partial charge is 0.378 e. The number of carbonyl (C=O) groups is 1. The molecule has 0 spiro atoms. The van der Waals surface area contributed by atoms with Gasteiger partial charge in [-0.2, -0.15) is 0 Å². The highest BCUT2D eigenvalue weighted by Crippen LogP contribution is 2.41. The van der Waals surface area contributed by atoms with Crippen molar-refractivity contribution in [1.82, 2.24) is 5.32 Å². The molecule has 1 saturated heterocycles. The minimum absolute atomic E-state index is 0.190. The second kappa shape index (κ2) is 6.88. The molecule has 3 aliphatic rings. The summed E-state index contributed by atoms with van der Waals surface area (Å²) in [6, 6.07) is 0.339. The van der Waals surface area contributed by atoms with Crippen molar-refractivity contribution in [2.24, 2.45) is 35.3 Å². The molecule has 4 unspecified atom stereocenters. The topological polar surface area (TPSA) is 64.3 Å². The van der Waals surface area contributed by atoms with Crippen LogP contribution in [0.1, 0.15) is 52.4 Å². The van der Waals surface area contributed by atoms with Gasteiger partial charge in [-0.1, -0.05) is 20.3 Å². The van der Waals surface area contributed by atoms with Gasteiger partial charge in [-0.25, -0.2) is 0 Å². The Morgan fingerprint density at radius 2 is 1.91 bits per heavy atom. The van der Waals surface area contributed by atoms with E-state index in [1.54, 1.807) is 0 Å². The van der Waals surface area contributed by atoms with Crippen LogP contribution in [-0.2, 0) is 9.53 Å². The fourth-order valence-electron chi connectivity index (χ4n) is 4.99. The molecule has 1 amide bonds. The maximum Gasteiger partial charge on any atom is 0.223 e. The smallest absolute Gasteiger partial charge is 0.223 e. The van der Waals surface area contributed by atoms with Gasteiger partial charge in [0.05, 0.1) is 6.10 Å². The van der Waals surface area contributed by atoms with Crippen molar-refractivity contribution < 1.29 is 9.53 Å². The van der Waals surface area contributed by atoms with E-state index in [2.05, 4.69) is 19.2 Å². The highest BCUT2D eigenvalue weighted by molar-refractivity contribution is 5.78.